The Balaban J connectivity index is 0.00000104. The van der Waals surface area contributed by atoms with Crippen molar-refractivity contribution in [2.75, 3.05) is 39.9 Å². The number of hydrogen-bond acceptors (Lipinski definition) is 6. The van der Waals surface area contributed by atoms with Crippen LogP contribution in [0.15, 0.2) is 30.3 Å². The Hall–Kier alpha value is -2.96. The summed E-state index contributed by atoms with van der Waals surface area (Å²) in [6, 6.07) is 5.85. The number of benzene rings is 2. The Bertz CT molecular complexity index is 1320. The molecule has 3 fully saturated rings. The highest BCUT2D eigenvalue weighted by Gasteiger charge is 2.38. The Morgan fingerprint density at radius 1 is 1.16 bits per heavy atom. The predicted molar refractivity (Wildman–Crippen MR) is 153 cm³/mol. The van der Waals surface area contributed by atoms with Crippen LogP contribution in [0.5, 0.6) is 5.75 Å². The highest BCUT2D eigenvalue weighted by Crippen LogP contribution is 2.46. The third kappa shape index (κ3) is 8.39. The van der Waals surface area contributed by atoms with Crippen LogP contribution in [0.4, 0.5) is 22.0 Å². The number of carbonyl (C=O) groups excluding carboxylic acids is 2. The molecule has 1 aliphatic carbocycles. The minimum atomic E-state index is -4.48. The van der Waals surface area contributed by atoms with Gasteiger partial charge in [0, 0.05) is 49.7 Å². The Morgan fingerprint density at radius 2 is 1.82 bits per heavy atom. The summed E-state index contributed by atoms with van der Waals surface area (Å²) in [4.78, 5) is 25.2. The number of rotatable bonds is 8. The number of halogens is 6. The van der Waals surface area contributed by atoms with E-state index < -0.39 is 35.2 Å². The van der Waals surface area contributed by atoms with E-state index in [1.54, 1.807) is 0 Å². The number of β-amino-alcohol motifs (C(OH)–C–C–N with tert-alkyl or cyclic N) is 1. The van der Waals surface area contributed by atoms with Crippen molar-refractivity contribution in [3.8, 4) is 5.75 Å². The zero-order valence-corrected chi connectivity index (χ0v) is 25.3. The van der Waals surface area contributed by atoms with Gasteiger partial charge in [0.1, 0.15) is 23.8 Å². The van der Waals surface area contributed by atoms with Crippen LogP contribution >= 0.6 is 11.6 Å². The van der Waals surface area contributed by atoms with E-state index in [1.807, 2.05) is 11.8 Å². The SMILES string of the molecule is CC1CN(C(=O)c2cc(C3CC3)c(OCC3(F)CCN(Cc4cc(C(F)(F)F)ccc4Cl)CC3)cc2F)CC1O.COC=O. The molecule has 1 amide bonds. The van der Waals surface area contributed by atoms with E-state index >= 15 is 8.78 Å². The van der Waals surface area contributed by atoms with Crippen LogP contribution in [-0.4, -0.2) is 79.0 Å². The number of aliphatic hydroxyl groups excluding tert-OH is 1. The van der Waals surface area contributed by atoms with Crippen LogP contribution in [0.1, 0.15) is 65.6 Å². The van der Waals surface area contributed by atoms with Gasteiger partial charge in [0.15, 0.2) is 0 Å². The molecule has 2 atom stereocenters. The summed E-state index contributed by atoms with van der Waals surface area (Å²) in [5.41, 5.74) is -1.54. The third-order valence-electron chi connectivity index (χ3n) is 8.31. The fraction of sp³-hybridized carbons (Fsp3) is 0.548. The first-order valence-corrected chi connectivity index (χ1v) is 14.8. The van der Waals surface area contributed by atoms with E-state index in [0.29, 0.717) is 37.2 Å². The standard InChI is InChI=1S/C29H32ClF5N2O3.C2H4O2/c1-17-13-37(15-25(17)38)27(39)22-11-21(18-2-3-18)26(12-24(22)31)40-16-28(32)6-8-36(9-7-28)14-19-10-20(29(33,34)35)4-5-23(19)30;1-4-2-3/h4-5,10-12,17-18,25,38H,2-3,6-9,13-16H2,1H3;2H,1H3. The normalized spacial score (nSPS) is 21.8. The largest absolute Gasteiger partial charge is 0.490 e. The highest BCUT2D eigenvalue weighted by atomic mass is 35.5. The molecule has 0 spiro atoms. The number of carbonyl (C=O) groups is 2. The molecule has 2 heterocycles. The van der Waals surface area contributed by atoms with E-state index in [0.717, 1.165) is 31.0 Å². The Morgan fingerprint density at radius 3 is 2.36 bits per heavy atom. The van der Waals surface area contributed by atoms with Gasteiger partial charge in [-0.1, -0.05) is 18.5 Å². The zero-order chi connectivity index (χ0) is 32.2. The summed E-state index contributed by atoms with van der Waals surface area (Å²) in [5.74, 6) is -0.989. The summed E-state index contributed by atoms with van der Waals surface area (Å²) in [6.45, 7) is 3.16. The number of likely N-dealkylation sites (tertiary alicyclic amines) is 2. The monoisotopic (exact) mass is 646 g/mol. The predicted octanol–water partition coefficient (Wildman–Crippen LogP) is 6.00. The summed E-state index contributed by atoms with van der Waals surface area (Å²) in [6.07, 6.45) is -3.21. The van der Waals surface area contributed by atoms with Gasteiger partial charge in [-0.05, 0) is 67.0 Å². The quantitative estimate of drug-likeness (QED) is 0.280. The molecule has 44 heavy (non-hydrogen) atoms. The lowest BCUT2D eigenvalue weighted by molar-refractivity contribution is -0.137. The molecule has 2 aliphatic heterocycles. The van der Waals surface area contributed by atoms with Gasteiger partial charge in [0.2, 0.25) is 0 Å². The maximum atomic E-state index is 15.7. The van der Waals surface area contributed by atoms with Crippen molar-refractivity contribution in [1.82, 2.24) is 9.80 Å². The molecule has 13 heteroatoms. The molecule has 7 nitrogen and oxygen atoms in total. The van der Waals surface area contributed by atoms with Crippen molar-refractivity contribution < 1.29 is 46.1 Å². The van der Waals surface area contributed by atoms with Crippen molar-refractivity contribution in [2.24, 2.45) is 5.92 Å². The smallest absolute Gasteiger partial charge is 0.416 e. The molecule has 3 aliphatic rings. The molecule has 242 valence electrons. The van der Waals surface area contributed by atoms with E-state index in [4.69, 9.17) is 21.1 Å². The number of hydrogen-bond donors (Lipinski definition) is 1. The number of methoxy groups -OCH3 is 1. The summed E-state index contributed by atoms with van der Waals surface area (Å²) in [5, 5.41) is 10.2. The third-order valence-corrected chi connectivity index (χ3v) is 8.68. The van der Waals surface area contributed by atoms with E-state index in [1.165, 1.54) is 24.1 Å². The number of alkyl halides is 4. The molecule has 2 saturated heterocycles. The van der Waals surface area contributed by atoms with Crippen molar-refractivity contribution in [1.29, 1.82) is 0 Å². The van der Waals surface area contributed by atoms with Gasteiger partial charge >= 0.3 is 6.18 Å². The topological polar surface area (TPSA) is 79.3 Å². The second-order valence-corrected chi connectivity index (χ2v) is 12.2. The fourth-order valence-electron chi connectivity index (χ4n) is 5.44. The van der Waals surface area contributed by atoms with Gasteiger partial charge in [-0.15, -0.1) is 0 Å². The Labute approximate surface area is 257 Å². The Kier molecular flexibility index (Phi) is 10.8. The van der Waals surface area contributed by atoms with Gasteiger partial charge < -0.3 is 19.5 Å². The van der Waals surface area contributed by atoms with Crippen LogP contribution in [-0.2, 0) is 22.3 Å². The van der Waals surface area contributed by atoms with Gasteiger partial charge in [-0.25, -0.2) is 8.78 Å². The van der Waals surface area contributed by atoms with Crippen LogP contribution in [0, 0.1) is 11.7 Å². The van der Waals surface area contributed by atoms with Gasteiger partial charge in [0.05, 0.1) is 24.3 Å². The second kappa shape index (κ2) is 14.0. The van der Waals surface area contributed by atoms with E-state index in [2.05, 4.69) is 4.74 Å². The molecule has 1 N–H and O–H groups in total. The van der Waals surface area contributed by atoms with Crippen LogP contribution in [0.25, 0.3) is 0 Å². The molecular formula is C31H36ClF5N2O5. The maximum absolute atomic E-state index is 15.7. The first-order chi connectivity index (χ1) is 20.7. The van der Waals surface area contributed by atoms with Crippen molar-refractivity contribution >= 4 is 24.0 Å². The molecule has 2 aromatic rings. The molecular weight excluding hydrogens is 611 g/mol. The average molecular weight is 647 g/mol. The van der Waals surface area contributed by atoms with Crippen LogP contribution < -0.4 is 4.74 Å². The first kappa shape index (κ1) is 33.9. The minimum absolute atomic E-state index is 0.0768. The molecule has 0 aromatic heterocycles. The van der Waals surface area contributed by atoms with Crippen molar-refractivity contribution in [3.05, 3.63) is 63.4 Å². The fourth-order valence-corrected chi connectivity index (χ4v) is 5.61. The van der Waals surface area contributed by atoms with Gasteiger partial charge in [-0.3, -0.25) is 14.5 Å². The van der Waals surface area contributed by atoms with Gasteiger partial charge in [0.25, 0.3) is 12.4 Å². The second-order valence-electron chi connectivity index (χ2n) is 11.8. The van der Waals surface area contributed by atoms with Crippen molar-refractivity contribution in [3.63, 3.8) is 0 Å². The average Bonchev–Trinajstić information content (AvgIpc) is 3.77. The number of aliphatic hydroxyl groups is 1. The zero-order valence-electron chi connectivity index (χ0n) is 24.5. The minimum Gasteiger partial charge on any atom is -0.490 e. The number of piperidine rings is 1. The molecule has 0 radical (unpaired) electrons. The number of amides is 1. The number of ether oxygens (including phenoxy) is 2. The summed E-state index contributed by atoms with van der Waals surface area (Å²) >= 11 is 6.12. The summed E-state index contributed by atoms with van der Waals surface area (Å²) in [7, 11) is 1.31. The van der Waals surface area contributed by atoms with Crippen LogP contribution in [0.3, 0.4) is 0 Å². The van der Waals surface area contributed by atoms with Crippen molar-refractivity contribution in [2.45, 2.75) is 63.0 Å². The molecule has 2 unspecified atom stereocenters. The summed E-state index contributed by atoms with van der Waals surface area (Å²) < 4.78 is 79.8. The van der Waals surface area contributed by atoms with E-state index in [-0.39, 0.29) is 60.7 Å². The lowest BCUT2D eigenvalue weighted by atomic mass is 9.93. The maximum Gasteiger partial charge on any atom is 0.416 e. The number of nitrogens with zero attached hydrogens (tertiary/aromatic N) is 2. The first-order valence-electron chi connectivity index (χ1n) is 14.4. The van der Waals surface area contributed by atoms with Crippen LogP contribution in [0.2, 0.25) is 5.02 Å². The molecule has 2 aromatic carbocycles. The van der Waals surface area contributed by atoms with Gasteiger partial charge in [-0.2, -0.15) is 13.2 Å². The lowest BCUT2D eigenvalue weighted by Gasteiger charge is -2.36. The molecule has 5 rings (SSSR count). The molecule has 0 bridgehead atoms. The highest BCUT2D eigenvalue weighted by molar-refractivity contribution is 6.31. The molecule has 1 saturated carbocycles. The van der Waals surface area contributed by atoms with E-state index in [9.17, 15) is 23.1 Å². The lowest BCUT2D eigenvalue weighted by Crippen LogP contribution is -2.44.